The van der Waals surface area contributed by atoms with E-state index < -0.39 is 12.1 Å². The van der Waals surface area contributed by atoms with Crippen molar-refractivity contribution in [1.82, 2.24) is 0 Å². The summed E-state index contributed by atoms with van der Waals surface area (Å²) in [5.41, 5.74) is 0. The van der Waals surface area contributed by atoms with Gasteiger partial charge >= 0.3 is 5.97 Å². The fourth-order valence-electron chi connectivity index (χ4n) is 0.819. The number of hydrogen-bond donors (Lipinski definition) is 2. The molecule has 5 nitrogen and oxygen atoms in total. The first-order valence-corrected chi connectivity index (χ1v) is 4.06. The molecule has 0 spiro atoms. The lowest BCUT2D eigenvalue weighted by Gasteiger charge is -2.14. The van der Waals surface area contributed by atoms with Crippen LogP contribution in [0.4, 0.5) is 0 Å². The van der Waals surface area contributed by atoms with Crippen molar-refractivity contribution in [2.75, 3.05) is 20.3 Å². The van der Waals surface area contributed by atoms with Crippen LogP contribution >= 0.6 is 0 Å². The molecule has 0 saturated heterocycles. The summed E-state index contributed by atoms with van der Waals surface area (Å²) in [6.45, 7) is 2.24. The molecule has 78 valence electrons. The molecule has 0 aliphatic heterocycles. The van der Waals surface area contributed by atoms with Crippen molar-refractivity contribution in [3.05, 3.63) is 0 Å². The average Bonchev–Trinajstić information content (AvgIpc) is 2.00. The highest BCUT2D eigenvalue weighted by Gasteiger charge is 2.11. The van der Waals surface area contributed by atoms with Crippen LogP contribution in [0.3, 0.4) is 0 Å². The maximum atomic E-state index is 10.1. The van der Waals surface area contributed by atoms with Gasteiger partial charge in [0.2, 0.25) is 0 Å². The van der Waals surface area contributed by atoms with Gasteiger partial charge in [-0.2, -0.15) is 0 Å². The fraction of sp³-hybridized carbons (Fsp3) is 0.875. The van der Waals surface area contributed by atoms with E-state index in [-0.39, 0.29) is 19.1 Å². The Kier molecular flexibility index (Phi) is 6.48. The Morgan fingerprint density at radius 1 is 1.46 bits per heavy atom. The molecule has 0 amide bonds. The summed E-state index contributed by atoms with van der Waals surface area (Å²) in [5.74, 6) is -1.03. The van der Waals surface area contributed by atoms with Crippen LogP contribution in [0.1, 0.15) is 13.3 Å². The van der Waals surface area contributed by atoms with Gasteiger partial charge in [0.05, 0.1) is 31.8 Å². The summed E-state index contributed by atoms with van der Waals surface area (Å²) in [5, 5.41) is 17.4. The van der Waals surface area contributed by atoms with E-state index in [1.807, 2.05) is 0 Å². The highest BCUT2D eigenvalue weighted by Crippen LogP contribution is 1.97. The lowest BCUT2D eigenvalue weighted by molar-refractivity contribution is -0.140. The molecule has 0 aliphatic rings. The molecule has 0 rings (SSSR count). The van der Waals surface area contributed by atoms with Crippen molar-refractivity contribution in [3.63, 3.8) is 0 Å². The highest BCUT2D eigenvalue weighted by molar-refractivity contribution is 5.67. The van der Waals surface area contributed by atoms with Gasteiger partial charge in [-0.05, 0) is 6.92 Å². The number of hydrogen-bond acceptors (Lipinski definition) is 4. The number of aliphatic hydroxyl groups excluding tert-OH is 1. The number of aliphatic carboxylic acids is 1. The number of methoxy groups -OCH3 is 1. The molecule has 0 bridgehead atoms. The zero-order valence-corrected chi connectivity index (χ0v) is 7.90. The van der Waals surface area contributed by atoms with Gasteiger partial charge in [0.25, 0.3) is 0 Å². The third-order valence-electron chi connectivity index (χ3n) is 1.38. The predicted molar refractivity (Wildman–Crippen MR) is 45.5 cm³/mol. The number of carboxylic acids is 1. The first kappa shape index (κ1) is 12.3. The Morgan fingerprint density at radius 3 is 2.54 bits per heavy atom. The lowest BCUT2D eigenvalue weighted by atomic mass is 10.3. The monoisotopic (exact) mass is 192 g/mol. The third-order valence-corrected chi connectivity index (χ3v) is 1.38. The van der Waals surface area contributed by atoms with Crippen LogP contribution in [0.2, 0.25) is 0 Å². The second-order valence-electron chi connectivity index (χ2n) is 2.85. The van der Waals surface area contributed by atoms with E-state index in [0.29, 0.717) is 6.61 Å². The minimum absolute atomic E-state index is 0.0246. The maximum absolute atomic E-state index is 10.1. The molecular formula is C8H16O5. The van der Waals surface area contributed by atoms with Crippen LogP contribution in [-0.4, -0.2) is 48.7 Å². The molecule has 0 aromatic carbocycles. The molecule has 0 saturated carbocycles. The van der Waals surface area contributed by atoms with Gasteiger partial charge in [-0.3, -0.25) is 4.79 Å². The van der Waals surface area contributed by atoms with Crippen LogP contribution in [0, 0.1) is 0 Å². The number of rotatable bonds is 7. The Balaban J connectivity index is 3.45. The summed E-state index contributed by atoms with van der Waals surface area (Å²) >= 11 is 0. The van der Waals surface area contributed by atoms with Gasteiger partial charge in [-0.25, -0.2) is 0 Å². The second kappa shape index (κ2) is 6.82. The predicted octanol–water partition coefficient (Wildman–Crippen LogP) is -0.127. The Bertz CT molecular complexity index is 147. The zero-order valence-electron chi connectivity index (χ0n) is 7.90. The SMILES string of the molecule is COCC(C)OCC(O)CC(=O)O. The molecular weight excluding hydrogens is 176 g/mol. The largest absolute Gasteiger partial charge is 0.481 e. The quantitative estimate of drug-likeness (QED) is 0.587. The Morgan fingerprint density at radius 2 is 2.08 bits per heavy atom. The van der Waals surface area contributed by atoms with Crippen molar-refractivity contribution in [2.45, 2.75) is 25.6 Å². The van der Waals surface area contributed by atoms with Gasteiger partial charge in [0.1, 0.15) is 0 Å². The second-order valence-corrected chi connectivity index (χ2v) is 2.85. The molecule has 0 aromatic heterocycles. The normalized spacial score (nSPS) is 15.3. The molecule has 13 heavy (non-hydrogen) atoms. The van der Waals surface area contributed by atoms with E-state index in [4.69, 9.17) is 19.7 Å². The van der Waals surface area contributed by atoms with E-state index in [0.717, 1.165) is 0 Å². The van der Waals surface area contributed by atoms with Crippen LogP contribution in [0.15, 0.2) is 0 Å². The highest BCUT2D eigenvalue weighted by atomic mass is 16.5. The fourth-order valence-corrected chi connectivity index (χ4v) is 0.819. The summed E-state index contributed by atoms with van der Waals surface area (Å²) in [6, 6.07) is 0. The molecule has 0 heterocycles. The standard InChI is InChI=1S/C8H16O5/c1-6(4-12-2)13-5-7(9)3-8(10)11/h6-7,9H,3-5H2,1-2H3,(H,10,11). The summed E-state index contributed by atoms with van der Waals surface area (Å²) in [6.07, 6.45) is -1.37. The number of carboxylic acid groups (broad SMARTS) is 1. The van der Waals surface area contributed by atoms with Gasteiger partial charge in [0, 0.05) is 7.11 Å². The summed E-state index contributed by atoms with van der Waals surface area (Å²) in [7, 11) is 1.55. The average molecular weight is 192 g/mol. The molecule has 2 atom stereocenters. The van der Waals surface area contributed by atoms with E-state index in [1.165, 1.54) is 0 Å². The van der Waals surface area contributed by atoms with Crippen LogP contribution < -0.4 is 0 Å². The Labute approximate surface area is 77.3 Å². The third kappa shape index (κ3) is 7.70. The minimum atomic E-state index is -1.03. The molecule has 0 aliphatic carbocycles. The topological polar surface area (TPSA) is 76.0 Å². The van der Waals surface area contributed by atoms with Crippen molar-refractivity contribution in [2.24, 2.45) is 0 Å². The van der Waals surface area contributed by atoms with E-state index in [9.17, 15) is 4.79 Å². The molecule has 0 aromatic rings. The van der Waals surface area contributed by atoms with E-state index in [1.54, 1.807) is 14.0 Å². The van der Waals surface area contributed by atoms with Crippen LogP contribution in [0.5, 0.6) is 0 Å². The Hall–Kier alpha value is -0.650. The van der Waals surface area contributed by atoms with Gasteiger partial charge < -0.3 is 19.7 Å². The van der Waals surface area contributed by atoms with Crippen molar-refractivity contribution < 1.29 is 24.5 Å². The minimum Gasteiger partial charge on any atom is -0.481 e. The van der Waals surface area contributed by atoms with Crippen molar-refractivity contribution in [1.29, 1.82) is 0 Å². The number of ether oxygens (including phenoxy) is 2. The first-order valence-electron chi connectivity index (χ1n) is 4.06. The summed E-state index contributed by atoms with van der Waals surface area (Å²) < 4.78 is 9.90. The smallest absolute Gasteiger partial charge is 0.306 e. The van der Waals surface area contributed by atoms with Crippen LogP contribution in [0.25, 0.3) is 0 Å². The first-order chi connectivity index (χ1) is 6.06. The molecule has 0 fully saturated rings. The van der Waals surface area contributed by atoms with Gasteiger partial charge in [-0.1, -0.05) is 0 Å². The van der Waals surface area contributed by atoms with Crippen molar-refractivity contribution >= 4 is 5.97 Å². The molecule has 0 radical (unpaired) electrons. The van der Waals surface area contributed by atoms with Gasteiger partial charge in [0.15, 0.2) is 0 Å². The lowest BCUT2D eigenvalue weighted by Crippen LogP contribution is -2.24. The zero-order chi connectivity index (χ0) is 10.3. The molecule has 2 unspecified atom stereocenters. The number of aliphatic hydroxyl groups is 1. The maximum Gasteiger partial charge on any atom is 0.306 e. The molecule has 5 heteroatoms. The van der Waals surface area contributed by atoms with Crippen molar-refractivity contribution in [3.8, 4) is 0 Å². The van der Waals surface area contributed by atoms with E-state index >= 15 is 0 Å². The summed E-state index contributed by atoms with van der Waals surface area (Å²) in [4.78, 5) is 10.1. The van der Waals surface area contributed by atoms with Crippen LogP contribution in [-0.2, 0) is 14.3 Å². The molecule has 2 N–H and O–H groups in total. The number of carbonyl (C=O) groups is 1. The van der Waals surface area contributed by atoms with Gasteiger partial charge in [-0.15, -0.1) is 0 Å². The van der Waals surface area contributed by atoms with E-state index in [2.05, 4.69) is 0 Å².